The Morgan fingerprint density at radius 1 is 1.08 bits per heavy atom. The summed E-state index contributed by atoms with van der Waals surface area (Å²) in [6.45, 7) is 9.65. The molecule has 0 aliphatic rings. The fourth-order valence-electron chi connectivity index (χ4n) is 4.49. The van der Waals surface area contributed by atoms with Crippen LogP contribution in [0.3, 0.4) is 0 Å². The molecular weight excluding hydrogens is 449 g/mol. The van der Waals surface area contributed by atoms with Crippen LogP contribution in [0.25, 0.3) is 39.0 Å². The van der Waals surface area contributed by atoms with Gasteiger partial charge >= 0.3 is 0 Å². The van der Waals surface area contributed by atoms with E-state index in [1.807, 2.05) is 37.5 Å². The average molecular weight is 478 g/mol. The van der Waals surface area contributed by atoms with Crippen LogP contribution in [0, 0.1) is 12.7 Å². The number of rotatable bonds is 8. The molecule has 3 heterocycles. The Morgan fingerprint density at radius 2 is 1.97 bits per heavy atom. The van der Waals surface area contributed by atoms with Gasteiger partial charge in [-0.15, -0.1) is 0 Å². The molecule has 0 saturated carbocycles. The van der Waals surface area contributed by atoms with Gasteiger partial charge < -0.3 is 10.3 Å². The summed E-state index contributed by atoms with van der Waals surface area (Å²) in [5.41, 5.74) is 9.58. The Bertz CT molecular complexity index is 1570. The maximum atomic E-state index is 14.0. The third-order valence-corrected chi connectivity index (χ3v) is 6.25. The number of benzene rings is 2. The molecule has 0 aliphatic carbocycles. The zero-order valence-corrected chi connectivity index (χ0v) is 20.4. The average Bonchev–Trinajstić information content (AvgIpc) is 3.49. The lowest BCUT2D eigenvalue weighted by atomic mass is 9.97. The number of H-pyrrole nitrogens is 2. The van der Waals surface area contributed by atoms with Crippen LogP contribution in [0.1, 0.15) is 29.3 Å². The highest BCUT2D eigenvalue weighted by molar-refractivity contribution is 5.96. The second-order valence-electron chi connectivity index (χ2n) is 8.74. The van der Waals surface area contributed by atoms with Crippen molar-refractivity contribution in [3.05, 3.63) is 114 Å². The van der Waals surface area contributed by atoms with Crippen LogP contribution < -0.4 is 5.32 Å². The number of nitrogens with zero attached hydrogens (tertiary/aromatic N) is 2. The van der Waals surface area contributed by atoms with Crippen LogP contribution in [0.4, 0.5) is 4.39 Å². The first-order chi connectivity index (χ1) is 17.6. The molecule has 5 rings (SSSR count). The summed E-state index contributed by atoms with van der Waals surface area (Å²) in [4.78, 5) is 7.92. The lowest BCUT2D eigenvalue weighted by Gasteiger charge is -2.07. The van der Waals surface area contributed by atoms with Crippen LogP contribution in [-0.4, -0.2) is 26.7 Å². The fraction of sp³-hybridized carbons (Fsp3) is 0.133. The van der Waals surface area contributed by atoms with Crippen molar-refractivity contribution in [1.82, 2.24) is 25.5 Å². The molecule has 0 aliphatic heterocycles. The van der Waals surface area contributed by atoms with Crippen molar-refractivity contribution in [2.75, 3.05) is 6.54 Å². The third kappa shape index (κ3) is 4.63. The van der Waals surface area contributed by atoms with Crippen molar-refractivity contribution in [2.24, 2.45) is 0 Å². The Labute approximate surface area is 209 Å². The first-order valence-electron chi connectivity index (χ1n) is 12.0. The maximum absolute atomic E-state index is 14.0. The van der Waals surface area contributed by atoms with Gasteiger partial charge in [0.1, 0.15) is 11.5 Å². The van der Waals surface area contributed by atoms with E-state index in [1.165, 1.54) is 12.1 Å². The summed E-state index contributed by atoms with van der Waals surface area (Å²) < 4.78 is 14.0. The zero-order valence-electron chi connectivity index (χ0n) is 20.4. The first-order valence-corrected chi connectivity index (χ1v) is 12.0. The molecular formula is C30H28FN5. The molecule has 5 nitrogen and oxygen atoms in total. The Balaban J connectivity index is 1.56. The number of aryl methyl sites for hydroxylation is 1. The van der Waals surface area contributed by atoms with E-state index in [4.69, 9.17) is 0 Å². The van der Waals surface area contributed by atoms with Gasteiger partial charge in [-0.3, -0.25) is 10.1 Å². The first kappa shape index (κ1) is 23.5. The van der Waals surface area contributed by atoms with E-state index in [2.05, 4.69) is 63.3 Å². The highest BCUT2D eigenvalue weighted by Crippen LogP contribution is 2.34. The molecule has 0 radical (unpaired) electrons. The molecule has 2 aromatic carbocycles. The second-order valence-corrected chi connectivity index (χ2v) is 8.74. The lowest BCUT2D eigenvalue weighted by molar-refractivity contribution is 0.627. The summed E-state index contributed by atoms with van der Waals surface area (Å²) >= 11 is 0. The predicted molar refractivity (Wildman–Crippen MR) is 145 cm³/mol. The summed E-state index contributed by atoms with van der Waals surface area (Å²) in [5.74, 6) is -0.272. The van der Waals surface area contributed by atoms with Gasteiger partial charge in [0.25, 0.3) is 0 Å². The number of allylic oxidation sites excluding steroid dienone is 2. The molecule has 6 heteroatoms. The van der Waals surface area contributed by atoms with Crippen LogP contribution in [0.15, 0.2) is 85.7 Å². The minimum Gasteiger partial charge on any atom is -0.357 e. The number of pyridine rings is 1. The van der Waals surface area contributed by atoms with Crippen LogP contribution in [-0.2, 0) is 6.54 Å². The molecule has 0 spiro atoms. The maximum Gasteiger partial charge on any atom is 0.123 e. The van der Waals surface area contributed by atoms with Crippen molar-refractivity contribution >= 4 is 16.5 Å². The van der Waals surface area contributed by atoms with Gasteiger partial charge in [-0.05, 0) is 72.1 Å². The van der Waals surface area contributed by atoms with Crippen molar-refractivity contribution in [3.63, 3.8) is 0 Å². The molecule has 0 saturated heterocycles. The Kier molecular flexibility index (Phi) is 6.60. The molecule has 0 amide bonds. The number of halogens is 1. The predicted octanol–water partition coefficient (Wildman–Crippen LogP) is 6.79. The molecule has 0 unspecified atom stereocenters. The van der Waals surface area contributed by atoms with Gasteiger partial charge in [0.05, 0.1) is 11.2 Å². The lowest BCUT2D eigenvalue weighted by Crippen LogP contribution is -2.11. The van der Waals surface area contributed by atoms with Crippen LogP contribution in [0.2, 0.25) is 0 Å². The van der Waals surface area contributed by atoms with Crippen LogP contribution in [0.5, 0.6) is 0 Å². The number of hydrogen-bond acceptors (Lipinski definition) is 3. The van der Waals surface area contributed by atoms with E-state index < -0.39 is 0 Å². The van der Waals surface area contributed by atoms with Crippen molar-refractivity contribution < 1.29 is 4.39 Å². The summed E-state index contributed by atoms with van der Waals surface area (Å²) in [6.07, 6.45) is 7.41. The quantitative estimate of drug-likeness (QED) is 0.215. The summed E-state index contributed by atoms with van der Waals surface area (Å²) in [7, 11) is 0. The minimum absolute atomic E-state index is 0.272. The number of aromatic nitrogens is 4. The molecule has 0 atom stereocenters. The normalized spacial score (nSPS) is 11.8. The van der Waals surface area contributed by atoms with E-state index in [0.717, 1.165) is 74.5 Å². The molecule has 36 heavy (non-hydrogen) atoms. The van der Waals surface area contributed by atoms with Gasteiger partial charge in [-0.25, -0.2) is 4.39 Å². The number of fused-ring (bicyclic) bond motifs is 1. The zero-order chi connectivity index (χ0) is 25.1. The van der Waals surface area contributed by atoms with Gasteiger partial charge in [0.15, 0.2) is 0 Å². The topological polar surface area (TPSA) is 69.4 Å². The molecule has 180 valence electrons. The molecule has 0 bridgehead atoms. The van der Waals surface area contributed by atoms with Gasteiger partial charge in [0, 0.05) is 41.1 Å². The van der Waals surface area contributed by atoms with E-state index in [9.17, 15) is 4.39 Å². The van der Waals surface area contributed by atoms with Gasteiger partial charge in [-0.1, -0.05) is 43.9 Å². The molecule has 3 aromatic heterocycles. The monoisotopic (exact) mass is 477 g/mol. The Hall–Kier alpha value is -4.29. The number of nitrogens with one attached hydrogen (secondary N) is 3. The third-order valence-electron chi connectivity index (χ3n) is 6.25. The summed E-state index contributed by atoms with van der Waals surface area (Å²) in [5, 5.41) is 12.1. The second kappa shape index (κ2) is 10.1. The largest absolute Gasteiger partial charge is 0.357 e. The fourth-order valence-corrected chi connectivity index (χ4v) is 4.49. The van der Waals surface area contributed by atoms with Gasteiger partial charge in [0.2, 0.25) is 0 Å². The SMILES string of the molecule is C=C/C=C(/c1cccc(F)c1)c1cc(-c2n[nH]c3ccc(-c4cncc(CNCC)c4)cc23)[nH]c1C. The molecule has 3 N–H and O–H groups in total. The van der Waals surface area contributed by atoms with E-state index >= 15 is 0 Å². The number of aromatic amines is 2. The standard InChI is InChI=1S/C30H28FN5/c1-4-7-25(22-8-6-9-24(31)13-22)26-15-29(34-19(26)3)30-27-14-21(10-11-28(27)35-36-30)23-12-20(16-32-5-2)17-33-18-23/h4,6-15,17-18,32,34H,1,5,16H2,2-3H3,(H,35,36)/b25-7-. The summed E-state index contributed by atoms with van der Waals surface area (Å²) in [6, 6.07) is 17.1. The van der Waals surface area contributed by atoms with E-state index in [-0.39, 0.29) is 5.82 Å². The van der Waals surface area contributed by atoms with E-state index in [0.29, 0.717) is 0 Å². The van der Waals surface area contributed by atoms with E-state index in [1.54, 1.807) is 12.1 Å². The smallest absolute Gasteiger partial charge is 0.123 e. The minimum atomic E-state index is -0.272. The molecule has 5 aromatic rings. The molecule has 0 fully saturated rings. The highest BCUT2D eigenvalue weighted by atomic mass is 19.1. The van der Waals surface area contributed by atoms with Crippen molar-refractivity contribution in [3.8, 4) is 22.5 Å². The van der Waals surface area contributed by atoms with Gasteiger partial charge in [-0.2, -0.15) is 5.10 Å². The number of hydrogen-bond donors (Lipinski definition) is 3. The van der Waals surface area contributed by atoms with Crippen LogP contribution >= 0.6 is 0 Å². The van der Waals surface area contributed by atoms with Crippen molar-refractivity contribution in [2.45, 2.75) is 20.4 Å². The Morgan fingerprint density at radius 3 is 2.78 bits per heavy atom. The van der Waals surface area contributed by atoms with Crippen molar-refractivity contribution in [1.29, 1.82) is 0 Å². The highest BCUT2D eigenvalue weighted by Gasteiger charge is 2.17.